The topological polar surface area (TPSA) is 42.4 Å². The zero-order valence-electron chi connectivity index (χ0n) is 11.3. The fraction of sp³-hybridized carbons (Fsp3) is 0.333. The third-order valence-corrected chi connectivity index (χ3v) is 3.55. The molecular weight excluding hydrogens is 304 g/mol. The zero-order valence-corrected chi connectivity index (χ0v) is 12.9. The van der Waals surface area contributed by atoms with Gasteiger partial charge in [-0.3, -0.25) is 0 Å². The molecule has 0 saturated heterocycles. The van der Waals surface area contributed by atoms with Crippen LogP contribution < -0.4 is 10.6 Å². The first-order valence-corrected chi connectivity index (χ1v) is 7.14. The summed E-state index contributed by atoms with van der Waals surface area (Å²) in [6, 6.07) is 10.3. The van der Waals surface area contributed by atoms with Crippen LogP contribution in [0.4, 0.5) is 5.69 Å². The van der Waals surface area contributed by atoms with Crippen LogP contribution in [0, 0.1) is 6.92 Å². The minimum Gasteiger partial charge on any atom is -0.464 e. The largest absolute Gasteiger partial charge is 0.464 e. The lowest BCUT2D eigenvalue weighted by molar-refractivity contribution is 0.481. The van der Waals surface area contributed by atoms with Crippen molar-refractivity contribution < 1.29 is 4.42 Å². The molecule has 19 heavy (non-hydrogen) atoms. The van der Waals surface area contributed by atoms with Crippen LogP contribution in [0.25, 0.3) is 0 Å². The third kappa shape index (κ3) is 3.61. The summed E-state index contributed by atoms with van der Waals surface area (Å²) < 4.78 is 6.71. The van der Waals surface area contributed by atoms with Crippen molar-refractivity contribution in [1.29, 1.82) is 0 Å². The van der Waals surface area contributed by atoms with Crippen molar-refractivity contribution in [2.45, 2.75) is 19.9 Å². The monoisotopic (exact) mass is 322 g/mol. The fourth-order valence-corrected chi connectivity index (χ4v) is 2.58. The average Bonchev–Trinajstić information content (AvgIpc) is 2.75. The minimum absolute atomic E-state index is 0.650. The lowest BCUT2D eigenvalue weighted by Crippen LogP contribution is -2.18. The Labute approximate surface area is 122 Å². The van der Waals surface area contributed by atoms with Gasteiger partial charge < -0.3 is 15.1 Å². The molecule has 3 nitrogen and oxygen atoms in total. The van der Waals surface area contributed by atoms with E-state index in [1.807, 2.05) is 19.1 Å². The van der Waals surface area contributed by atoms with Crippen LogP contribution >= 0.6 is 15.9 Å². The molecule has 1 aromatic heterocycles. The molecule has 2 rings (SSSR count). The number of aryl methyl sites for hydroxylation is 1. The number of halogens is 1. The summed E-state index contributed by atoms with van der Waals surface area (Å²) in [7, 11) is 2.07. The van der Waals surface area contributed by atoms with E-state index < -0.39 is 0 Å². The molecule has 0 spiro atoms. The number of anilines is 1. The van der Waals surface area contributed by atoms with E-state index in [1.165, 1.54) is 11.3 Å². The number of hydrogen-bond acceptors (Lipinski definition) is 3. The van der Waals surface area contributed by atoms with Crippen LogP contribution in [-0.2, 0) is 13.0 Å². The zero-order chi connectivity index (χ0) is 13.8. The highest BCUT2D eigenvalue weighted by Crippen LogP contribution is 2.25. The van der Waals surface area contributed by atoms with Crippen molar-refractivity contribution >= 4 is 21.6 Å². The Morgan fingerprint density at radius 1 is 1.26 bits per heavy atom. The van der Waals surface area contributed by atoms with E-state index in [-0.39, 0.29) is 0 Å². The van der Waals surface area contributed by atoms with Crippen molar-refractivity contribution in [3.8, 4) is 0 Å². The van der Waals surface area contributed by atoms with E-state index in [9.17, 15) is 0 Å². The summed E-state index contributed by atoms with van der Waals surface area (Å²) in [5.41, 5.74) is 8.13. The van der Waals surface area contributed by atoms with Crippen LogP contribution in [0.1, 0.15) is 17.1 Å². The summed E-state index contributed by atoms with van der Waals surface area (Å²) in [5.74, 6) is 1.92. The lowest BCUT2D eigenvalue weighted by Gasteiger charge is -2.21. The highest BCUT2D eigenvalue weighted by atomic mass is 79.9. The van der Waals surface area contributed by atoms with Crippen molar-refractivity contribution in [3.63, 3.8) is 0 Å². The molecule has 1 aromatic carbocycles. The van der Waals surface area contributed by atoms with E-state index in [0.29, 0.717) is 6.54 Å². The molecule has 0 fully saturated rings. The van der Waals surface area contributed by atoms with E-state index in [4.69, 9.17) is 10.2 Å². The first-order chi connectivity index (χ1) is 9.10. The van der Waals surface area contributed by atoms with Gasteiger partial charge in [0.25, 0.3) is 0 Å². The summed E-state index contributed by atoms with van der Waals surface area (Å²) in [4.78, 5) is 2.19. The Morgan fingerprint density at radius 2 is 2.05 bits per heavy atom. The van der Waals surface area contributed by atoms with Crippen LogP contribution in [-0.4, -0.2) is 13.6 Å². The Balaban J connectivity index is 2.20. The van der Waals surface area contributed by atoms with Gasteiger partial charge in [0.15, 0.2) is 0 Å². The molecular formula is C15H19BrN2O. The molecule has 0 amide bonds. The van der Waals surface area contributed by atoms with Gasteiger partial charge in [-0.2, -0.15) is 0 Å². The minimum atomic E-state index is 0.650. The maximum absolute atomic E-state index is 5.68. The molecule has 0 aliphatic rings. The normalized spacial score (nSPS) is 10.7. The Bertz CT molecular complexity index is 551. The summed E-state index contributed by atoms with van der Waals surface area (Å²) in [5, 5.41) is 0. The van der Waals surface area contributed by atoms with Crippen LogP contribution in [0.15, 0.2) is 39.2 Å². The molecule has 0 aliphatic heterocycles. The average molecular weight is 323 g/mol. The molecule has 102 valence electrons. The van der Waals surface area contributed by atoms with Gasteiger partial charge in [0, 0.05) is 17.2 Å². The van der Waals surface area contributed by atoms with E-state index >= 15 is 0 Å². The fourth-order valence-electron chi connectivity index (χ4n) is 2.17. The number of hydrogen-bond donors (Lipinski definition) is 1. The molecule has 0 bridgehead atoms. The van der Waals surface area contributed by atoms with Crippen LogP contribution in [0.5, 0.6) is 0 Å². The van der Waals surface area contributed by atoms with Gasteiger partial charge in [-0.15, -0.1) is 0 Å². The second-order valence-electron chi connectivity index (χ2n) is 4.68. The number of rotatable bonds is 5. The second-order valence-corrected chi connectivity index (χ2v) is 5.60. The SMILES string of the molecule is Cc1ccc(CN(C)c2ccc(Br)cc2CCN)o1. The van der Waals surface area contributed by atoms with E-state index in [0.717, 1.165) is 29.0 Å². The van der Waals surface area contributed by atoms with Gasteiger partial charge >= 0.3 is 0 Å². The van der Waals surface area contributed by atoms with Gasteiger partial charge in [0.1, 0.15) is 11.5 Å². The predicted molar refractivity (Wildman–Crippen MR) is 82.5 cm³/mol. The molecule has 0 aliphatic carbocycles. The first kappa shape index (κ1) is 14.2. The summed E-state index contributed by atoms with van der Waals surface area (Å²) in [6.45, 7) is 3.37. The molecule has 4 heteroatoms. The van der Waals surface area contributed by atoms with Gasteiger partial charge in [-0.05, 0) is 55.8 Å². The van der Waals surface area contributed by atoms with Crippen molar-refractivity contribution in [1.82, 2.24) is 0 Å². The quantitative estimate of drug-likeness (QED) is 0.916. The van der Waals surface area contributed by atoms with Crippen molar-refractivity contribution in [2.75, 3.05) is 18.5 Å². The second kappa shape index (κ2) is 6.26. The molecule has 0 saturated carbocycles. The Kier molecular flexibility index (Phi) is 4.66. The highest BCUT2D eigenvalue weighted by molar-refractivity contribution is 9.10. The van der Waals surface area contributed by atoms with E-state index in [2.05, 4.69) is 46.1 Å². The van der Waals surface area contributed by atoms with Crippen LogP contribution in [0.2, 0.25) is 0 Å². The number of nitrogens with zero attached hydrogens (tertiary/aromatic N) is 1. The molecule has 0 radical (unpaired) electrons. The number of benzene rings is 1. The Morgan fingerprint density at radius 3 is 2.68 bits per heavy atom. The van der Waals surface area contributed by atoms with Crippen molar-refractivity contribution in [2.24, 2.45) is 5.73 Å². The maximum atomic E-state index is 5.68. The van der Waals surface area contributed by atoms with Gasteiger partial charge in [-0.25, -0.2) is 0 Å². The van der Waals surface area contributed by atoms with Gasteiger partial charge in [-0.1, -0.05) is 15.9 Å². The number of nitrogens with two attached hydrogens (primary N) is 1. The molecule has 0 unspecified atom stereocenters. The van der Waals surface area contributed by atoms with Crippen LogP contribution in [0.3, 0.4) is 0 Å². The number of furan rings is 1. The molecule has 0 atom stereocenters. The first-order valence-electron chi connectivity index (χ1n) is 6.35. The Hall–Kier alpha value is -1.26. The van der Waals surface area contributed by atoms with Gasteiger partial charge in [0.05, 0.1) is 6.54 Å². The summed E-state index contributed by atoms with van der Waals surface area (Å²) in [6.07, 6.45) is 0.871. The van der Waals surface area contributed by atoms with Gasteiger partial charge in [0.2, 0.25) is 0 Å². The standard InChI is InChI=1S/C15H19BrN2O/c1-11-3-5-14(19-11)10-18(2)15-6-4-13(16)9-12(15)7-8-17/h3-6,9H,7-8,10,17H2,1-2H3. The van der Waals surface area contributed by atoms with E-state index in [1.54, 1.807) is 0 Å². The maximum Gasteiger partial charge on any atom is 0.123 e. The molecule has 2 aromatic rings. The summed E-state index contributed by atoms with van der Waals surface area (Å²) >= 11 is 3.51. The smallest absolute Gasteiger partial charge is 0.123 e. The predicted octanol–water partition coefficient (Wildman–Crippen LogP) is 3.49. The lowest BCUT2D eigenvalue weighted by atomic mass is 10.1. The third-order valence-electron chi connectivity index (χ3n) is 3.06. The highest BCUT2D eigenvalue weighted by Gasteiger charge is 2.10. The molecule has 1 heterocycles. The van der Waals surface area contributed by atoms with Crippen molar-refractivity contribution in [3.05, 3.63) is 51.9 Å². The molecule has 2 N–H and O–H groups in total.